The van der Waals surface area contributed by atoms with Gasteiger partial charge in [0.25, 0.3) is 5.88 Å². The predicted octanol–water partition coefficient (Wildman–Crippen LogP) is 2.38. The first kappa shape index (κ1) is 14.5. The largest absolute Gasteiger partial charge is 0.478 e. The molecule has 0 aliphatic rings. The Labute approximate surface area is 119 Å². The molecule has 1 aromatic carbocycles. The predicted molar refractivity (Wildman–Crippen MR) is 72.7 cm³/mol. The summed E-state index contributed by atoms with van der Waals surface area (Å²) in [6.45, 7) is 1.75. The minimum atomic E-state index is -1.10. The Hall–Kier alpha value is -2.90. The molecule has 1 aromatic heterocycles. The second-order valence-corrected chi connectivity index (χ2v) is 4.27. The highest BCUT2D eigenvalue weighted by Gasteiger charge is 2.27. The quantitative estimate of drug-likeness (QED) is 0.669. The molecule has 1 N–H and O–H groups in total. The minimum absolute atomic E-state index is 0.0283. The van der Waals surface area contributed by atoms with E-state index in [9.17, 15) is 14.9 Å². The molecule has 0 atom stereocenters. The van der Waals surface area contributed by atoms with Crippen molar-refractivity contribution in [3.8, 4) is 11.6 Å². The Morgan fingerprint density at radius 1 is 1.52 bits per heavy atom. The van der Waals surface area contributed by atoms with E-state index in [1.54, 1.807) is 6.92 Å². The Balaban J connectivity index is 2.44. The molecule has 0 saturated carbocycles. The Kier molecular flexibility index (Phi) is 3.88. The lowest BCUT2D eigenvalue weighted by atomic mass is 10.2. The SMILES string of the molecule is CCc1nn(C)c(Oc2cccc(C(=O)O)c2)c1[N+](=O)[O-]. The number of aromatic carboxylic acids is 1. The molecule has 2 rings (SSSR count). The van der Waals surface area contributed by atoms with Crippen molar-refractivity contribution in [1.29, 1.82) is 0 Å². The molecule has 0 bridgehead atoms. The Morgan fingerprint density at radius 3 is 2.81 bits per heavy atom. The highest BCUT2D eigenvalue weighted by atomic mass is 16.6. The molecule has 0 fully saturated rings. The maximum absolute atomic E-state index is 11.2. The third kappa shape index (κ3) is 2.83. The van der Waals surface area contributed by atoms with Gasteiger partial charge in [0.15, 0.2) is 0 Å². The van der Waals surface area contributed by atoms with Crippen molar-refractivity contribution in [2.24, 2.45) is 7.05 Å². The average molecular weight is 291 g/mol. The fourth-order valence-electron chi connectivity index (χ4n) is 1.89. The zero-order valence-corrected chi connectivity index (χ0v) is 11.4. The molecule has 0 saturated heterocycles. The summed E-state index contributed by atoms with van der Waals surface area (Å²) < 4.78 is 6.74. The van der Waals surface area contributed by atoms with Crippen molar-refractivity contribution in [3.63, 3.8) is 0 Å². The van der Waals surface area contributed by atoms with E-state index in [4.69, 9.17) is 9.84 Å². The van der Waals surface area contributed by atoms with Gasteiger partial charge >= 0.3 is 11.7 Å². The molecule has 2 aromatic rings. The van der Waals surface area contributed by atoms with Crippen LogP contribution in [0.1, 0.15) is 23.0 Å². The van der Waals surface area contributed by atoms with Crippen LogP contribution in [0.5, 0.6) is 11.6 Å². The van der Waals surface area contributed by atoms with Gasteiger partial charge in [-0.05, 0) is 24.6 Å². The standard InChI is InChI=1S/C13H13N3O5/c1-3-10-11(16(19)20)12(15(2)14-10)21-9-6-4-5-8(7-9)13(17)18/h4-7H,3H2,1-2H3,(H,17,18). The first-order chi connectivity index (χ1) is 9.93. The van der Waals surface area contributed by atoms with E-state index >= 15 is 0 Å². The van der Waals surface area contributed by atoms with E-state index in [-0.39, 0.29) is 22.9 Å². The summed E-state index contributed by atoms with van der Waals surface area (Å²) in [5.41, 5.74) is 0.139. The number of carboxylic acids is 1. The summed E-state index contributed by atoms with van der Waals surface area (Å²) in [7, 11) is 1.53. The van der Waals surface area contributed by atoms with Crippen LogP contribution in [-0.4, -0.2) is 25.8 Å². The highest BCUT2D eigenvalue weighted by Crippen LogP contribution is 2.34. The molecule has 0 spiro atoms. The molecule has 0 aliphatic carbocycles. The molecule has 110 valence electrons. The normalized spacial score (nSPS) is 10.4. The Morgan fingerprint density at radius 2 is 2.24 bits per heavy atom. The van der Waals surface area contributed by atoms with Crippen LogP contribution < -0.4 is 4.74 Å². The van der Waals surface area contributed by atoms with Crippen LogP contribution in [0.3, 0.4) is 0 Å². The van der Waals surface area contributed by atoms with Crippen molar-refractivity contribution in [2.75, 3.05) is 0 Å². The maximum atomic E-state index is 11.2. The molecular formula is C13H13N3O5. The molecule has 0 amide bonds. The highest BCUT2D eigenvalue weighted by molar-refractivity contribution is 5.88. The zero-order chi connectivity index (χ0) is 15.6. The number of carbonyl (C=O) groups is 1. The lowest BCUT2D eigenvalue weighted by Gasteiger charge is -2.05. The number of ether oxygens (including phenoxy) is 1. The third-order valence-corrected chi connectivity index (χ3v) is 2.85. The van der Waals surface area contributed by atoms with Crippen molar-refractivity contribution >= 4 is 11.7 Å². The van der Waals surface area contributed by atoms with E-state index < -0.39 is 10.9 Å². The molecular weight excluding hydrogens is 278 g/mol. The van der Waals surface area contributed by atoms with Crippen LogP contribution in [-0.2, 0) is 13.5 Å². The van der Waals surface area contributed by atoms with Crippen LogP contribution in [0.25, 0.3) is 0 Å². The maximum Gasteiger partial charge on any atom is 0.353 e. The van der Waals surface area contributed by atoms with Gasteiger partial charge in [-0.1, -0.05) is 13.0 Å². The van der Waals surface area contributed by atoms with E-state index in [1.807, 2.05) is 0 Å². The van der Waals surface area contributed by atoms with Gasteiger partial charge in [-0.15, -0.1) is 0 Å². The van der Waals surface area contributed by atoms with Crippen LogP contribution in [0.2, 0.25) is 0 Å². The number of hydrogen-bond acceptors (Lipinski definition) is 5. The number of aryl methyl sites for hydroxylation is 2. The summed E-state index contributed by atoms with van der Waals surface area (Å²) in [6.07, 6.45) is 0.392. The van der Waals surface area contributed by atoms with Gasteiger partial charge < -0.3 is 9.84 Å². The number of aromatic nitrogens is 2. The van der Waals surface area contributed by atoms with Crippen LogP contribution in [0, 0.1) is 10.1 Å². The monoisotopic (exact) mass is 291 g/mol. The number of carboxylic acid groups (broad SMARTS) is 1. The molecule has 0 radical (unpaired) electrons. The second kappa shape index (κ2) is 5.61. The molecule has 1 heterocycles. The average Bonchev–Trinajstić information content (AvgIpc) is 2.75. The third-order valence-electron chi connectivity index (χ3n) is 2.85. The first-order valence-electron chi connectivity index (χ1n) is 6.15. The van der Waals surface area contributed by atoms with Crippen molar-refractivity contribution in [1.82, 2.24) is 9.78 Å². The van der Waals surface area contributed by atoms with Gasteiger partial charge in [-0.25, -0.2) is 9.48 Å². The first-order valence-corrected chi connectivity index (χ1v) is 6.15. The van der Waals surface area contributed by atoms with Crippen LogP contribution >= 0.6 is 0 Å². The fraction of sp³-hybridized carbons (Fsp3) is 0.231. The lowest BCUT2D eigenvalue weighted by molar-refractivity contribution is -0.386. The van der Waals surface area contributed by atoms with E-state index in [2.05, 4.69) is 5.10 Å². The van der Waals surface area contributed by atoms with Gasteiger partial charge in [0.1, 0.15) is 11.4 Å². The second-order valence-electron chi connectivity index (χ2n) is 4.27. The van der Waals surface area contributed by atoms with Crippen LogP contribution in [0.4, 0.5) is 5.69 Å². The molecule has 21 heavy (non-hydrogen) atoms. The lowest BCUT2D eigenvalue weighted by Crippen LogP contribution is -1.99. The number of nitrogens with zero attached hydrogens (tertiary/aromatic N) is 3. The summed E-state index contributed by atoms with van der Waals surface area (Å²) in [6, 6.07) is 5.73. The van der Waals surface area contributed by atoms with Gasteiger partial charge in [-0.2, -0.15) is 5.10 Å². The van der Waals surface area contributed by atoms with E-state index in [0.717, 1.165) is 0 Å². The van der Waals surface area contributed by atoms with E-state index in [0.29, 0.717) is 12.1 Å². The van der Waals surface area contributed by atoms with Gasteiger partial charge in [0.05, 0.1) is 10.5 Å². The van der Waals surface area contributed by atoms with Crippen molar-refractivity contribution < 1.29 is 19.6 Å². The van der Waals surface area contributed by atoms with Gasteiger partial charge in [0, 0.05) is 7.05 Å². The summed E-state index contributed by atoms with van der Waals surface area (Å²) in [5, 5.41) is 24.1. The summed E-state index contributed by atoms with van der Waals surface area (Å²) in [5.74, 6) is -0.933. The Bertz CT molecular complexity index is 708. The van der Waals surface area contributed by atoms with Crippen molar-refractivity contribution in [3.05, 3.63) is 45.6 Å². The molecule has 0 unspecified atom stereocenters. The summed E-state index contributed by atoms with van der Waals surface area (Å²) in [4.78, 5) is 21.5. The smallest absolute Gasteiger partial charge is 0.353 e. The summed E-state index contributed by atoms with van der Waals surface area (Å²) >= 11 is 0. The topological polar surface area (TPSA) is 107 Å². The number of nitro groups is 1. The molecule has 8 nitrogen and oxygen atoms in total. The van der Waals surface area contributed by atoms with Crippen molar-refractivity contribution in [2.45, 2.75) is 13.3 Å². The number of benzene rings is 1. The van der Waals surface area contributed by atoms with Crippen LogP contribution in [0.15, 0.2) is 24.3 Å². The minimum Gasteiger partial charge on any atom is -0.478 e. The van der Waals surface area contributed by atoms with E-state index in [1.165, 1.54) is 36.0 Å². The number of hydrogen-bond donors (Lipinski definition) is 1. The zero-order valence-electron chi connectivity index (χ0n) is 11.4. The van der Waals surface area contributed by atoms with Gasteiger partial charge in [-0.3, -0.25) is 10.1 Å². The van der Waals surface area contributed by atoms with Gasteiger partial charge in [0.2, 0.25) is 0 Å². The fourth-order valence-corrected chi connectivity index (χ4v) is 1.89. The molecule has 0 aliphatic heterocycles. The number of rotatable bonds is 5. The molecule has 8 heteroatoms.